The van der Waals surface area contributed by atoms with Crippen LogP contribution in [0.4, 0.5) is 0 Å². The van der Waals surface area contributed by atoms with Gasteiger partial charge in [-0.05, 0) is 37.9 Å². The fraction of sp³-hybridized carbons (Fsp3) is 0.471. The number of rotatable bonds is 3. The lowest BCUT2D eigenvalue weighted by Gasteiger charge is -2.33. The third kappa shape index (κ3) is 2.44. The van der Waals surface area contributed by atoms with Gasteiger partial charge in [0, 0.05) is 30.2 Å². The molecule has 1 aliphatic rings. The minimum atomic E-state index is -0.689. The van der Waals surface area contributed by atoms with E-state index in [4.69, 9.17) is 0 Å². The Bertz CT molecular complexity index is 636. The van der Waals surface area contributed by atoms with Gasteiger partial charge in [0.25, 0.3) is 0 Å². The highest BCUT2D eigenvalue weighted by molar-refractivity contribution is 5.85. The van der Waals surface area contributed by atoms with Gasteiger partial charge in [-0.1, -0.05) is 24.6 Å². The summed E-state index contributed by atoms with van der Waals surface area (Å²) in [7, 11) is 2.07. The molecule has 3 rings (SSSR count). The Balaban J connectivity index is 1.95. The minimum absolute atomic E-state index is 0.337. The van der Waals surface area contributed by atoms with Crippen molar-refractivity contribution in [2.75, 3.05) is 6.54 Å². The van der Waals surface area contributed by atoms with Crippen LogP contribution in [-0.2, 0) is 18.4 Å². The summed E-state index contributed by atoms with van der Waals surface area (Å²) in [6.07, 6.45) is 2.87. The van der Waals surface area contributed by atoms with Crippen molar-refractivity contribution < 1.29 is 9.90 Å². The molecule has 4 heteroatoms. The number of para-hydroxylation sites is 1. The normalized spacial score (nSPS) is 20.0. The fourth-order valence-electron chi connectivity index (χ4n) is 3.51. The zero-order chi connectivity index (χ0) is 15.0. The highest BCUT2D eigenvalue weighted by Crippen LogP contribution is 2.27. The highest BCUT2D eigenvalue weighted by Gasteiger charge is 2.29. The van der Waals surface area contributed by atoms with E-state index >= 15 is 0 Å². The van der Waals surface area contributed by atoms with E-state index in [1.54, 1.807) is 0 Å². The number of fused-ring (bicyclic) bond motifs is 1. The van der Waals surface area contributed by atoms with Crippen molar-refractivity contribution in [2.45, 2.75) is 38.8 Å². The van der Waals surface area contributed by atoms with Crippen LogP contribution in [0.5, 0.6) is 0 Å². The van der Waals surface area contributed by atoms with Crippen LogP contribution in [0.2, 0.25) is 0 Å². The van der Waals surface area contributed by atoms with Crippen LogP contribution in [-0.4, -0.2) is 33.1 Å². The molecular weight excluding hydrogens is 264 g/mol. The van der Waals surface area contributed by atoms with Gasteiger partial charge in [-0.25, -0.2) is 0 Å². The number of hydrogen-bond acceptors (Lipinski definition) is 2. The Hall–Kier alpha value is -1.81. The van der Waals surface area contributed by atoms with Crippen LogP contribution in [0.15, 0.2) is 24.3 Å². The highest BCUT2D eigenvalue weighted by atomic mass is 16.4. The summed E-state index contributed by atoms with van der Waals surface area (Å²) in [5, 5.41) is 10.7. The number of aromatic nitrogens is 1. The van der Waals surface area contributed by atoms with E-state index in [0.29, 0.717) is 6.54 Å². The van der Waals surface area contributed by atoms with Crippen molar-refractivity contribution >= 4 is 16.9 Å². The monoisotopic (exact) mass is 286 g/mol. The number of carbonyl (C=O) groups is 1. The molecule has 0 bridgehead atoms. The van der Waals surface area contributed by atoms with Crippen LogP contribution in [0.1, 0.15) is 30.5 Å². The molecule has 2 aromatic rings. The molecule has 2 heterocycles. The van der Waals surface area contributed by atoms with Crippen LogP contribution in [0.25, 0.3) is 10.9 Å². The Labute approximate surface area is 125 Å². The Morgan fingerprint density at radius 3 is 2.81 bits per heavy atom. The van der Waals surface area contributed by atoms with E-state index in [1.165, 1.54) is 22.2 Å². The summed E-state index contributed by atoms with van der Waals surface area (Å²) < 4.78 is 2.21. The average Bonchev–Trinajstić information content (AvgIpc) is 2.73. The number of carboxylic acids is 1. The van der Waals surface area contributed by atoms with Crippen molar-refractivity contribution in [1.82, 2.24) is 9.47 Å². The van der Waals surface area contributed by atoms with Crippen molar-refractivity contribution in [3.05, 3.63) is 35.5 Å². The molecule has 21 heavy (non-hydrogen) atoms. The van der Waals surface area contributed by atoms with Crippen LogP contribution < -0.4 is 0 Å². The third-order valence-corrected chi connectivity index (χ3v) is 4.76. The maximum Gasteiger partial charge on any atom is 0.320 e. The van der Waals surface area contributed by atoms with Crippen molar-refractivity contribution in [1.29, 1.82) is 0 Å². The maximum atomic E-state index is 11.4. The number of hydrogen-bond donors (Lipinski definition) is 1. The Kier molecular flexibility index (Phi) is 3.72. The molecule has 0 aliphatic carbocycles. The predicted octanol–water partition coefficient (Wildman–Crippen LogP) is 2.93. The second kappa shape index (κ2) is 5.53. The van der Waals surface area contributed by atoms with E-state index in [9.17, 15) is 9.90 Å². The molecule has 1 aromatic heterocycles. The van der Waals surface area contributed by atoms with Crippen LogP contribution in [0, 0.1) is 6.92 Å². The minimum Gasteiger partial charge on any atom is -0.480 e. The number of benzene rings is 1. The average molecular weight is 286 g/mol. The zero-order valence-corrected chi connectivity index (χ0v) is 12.7. The van der Waals surface area contributed by atoms with Gasteiger partial charge < -0.3 is 9.67 Å². The van der Waals surface area contributed by atoms with Gasteiger partial charge in [0.1, 0.15) is 6.04 Å². The van der Waals surface area contributed by atoms with Crippen molar-refractivity contribution in [2.24, 2.45) is 7.05 Å². The molecule has 0 spiro atoms. The quantitative estimate of drug-likeness (QED) is 0.943. The van der Waals surface area contributed by atoms with Gasteiger partial charge in [0.05, 0.1) is 0 Å². The van der Waals surface area contributed by atoms with Gasteiger partial charge >= 0.3 is 5.97 Å². The smallest absolute Gasteiger partial charge is 0.320 e. The largest absolute Gasteiger partial charge is 0.480 e. The molecular formula is C17H22N2O2. The number of carboxylic acid groups (broad SMARTS) is 1. The van der Waals surface area contributed by atoms with E-state index in [1.807, 2.05) is 6.07 Å². The van der Waals surface area contributed by atoms with Gasteiger partial charge in [0.15, 0.2) is 0 Å². The maximum absolute atomic E-state index is 11.4. The molecule has 0 saturated carbocycles. The second-order valence-corrected chi connectivity index (χ2v) is 5.97. The van der Waals surface area contributed by atoms with Crippen LogP contribution >= 0.6 is 0 Å². The summed E-state index contributed by atoms with van der Waals surface area (Å²) in [4.78, 5) is 13.6. The van der Waals surface area contributed by atoms with E-state index in [2.05, 4.69) is 41.6 Å². The molecule has 1 N–H and O–H groups in total. The number of aliphatic carboxylic acids is 1. The molecule has 0 amide bonds. The number of likely N-dealkylation sites (tertiary alicyclic amines) is 1. The number of nitrogens with zero attached hydrogens (tertiary/aromatic N) is 2. The number of aryl methyl sites for hydroxylation is 2. The lowest BCUT2D eigenvalue weighted by atomic mass is 10.0. The third-order valence-electron chi connectivity index (χ3n) is 4.76. The molecule has 1 atom stereocenters. The van der Waals surface area contributed by atoms with Gasteiger partial charge in [-0.3, -0.25) is 9.69 Å². The lowest BCUT2D eigenvalue weighted by Crippen LogP contribution is -2.44. The SMILES string of the molecule is Cc1c(CN2CCCCC2C(=O)O)n(C)c2ccccc12. The summed E-state index contributed by atoms with van der Waals surface area (Å²) >= 11 is 0. The first-order valence-corrected chi connectivity index (χ1v) is 7.59. The van der Waals surface area contributed by atoms with Crippen molar-refractivity contribution in [3.63, 3.8) is 0 Å². The molecule has 1 aliphatic heterocycles. The van der Waals surface area contributed by atoms with Gasteiger partial charge in [-0.15, -0.1) is 0 Å². The first-order valence-electron chi connectivity index (χ1n) is 7.59. The standard InChI is InChI=1S/C17H22N2O2/c1-12-13-7-3-4-8-14(13)18(2)16(12)11-19-10-6-5-9-15(19)17(20)21/h3-4,7-8,15H,5-6,9-11H2,1-2H3,(H,20,21). The molecule has 4 nitrogen and oxygen atoms in total. The second-order valence-electron chi connectivity index (χ2n) is 5.97. The Morgan fingerprint density at radius 2 is 2.10 bits per heavy atom. The van der Waals surface area contributed by atoms with Crippen molar-refractivity contribution in [3.8, 4) is 0 Å². The first kappa shape index (κ1) is 14.1. The van der Waals surface area contributed by atoms with E-state index in [-0.39, 0.29) is 6.04 Å². The van der Waals surface area contributed by atoms with Gasteiger partial charge in [-0.2, -0.15) is 0 Å². The summed E-state index contributed by atoms with van der Waals surface area (Å²) in [5.74, 6) is -0.689. The summed E-state index contributed by atoms with van der Waals surface area (Å²) in [6.45, 7) is 3.73. The first-order chi connectivity index (χ1) is 10.1. The molecule has 1 fully saturated rings. The van der Waals surface area contributed by atoms with Gasteiger partial charge in [0.2, 0.25) is 0 Å². The fourth-order valence-corrected chi connectivity index (χ4v) is 3.51. The van der Waals surface area contributed by atoms with E-state index < -0.39 is 5.97 Å². The molecule has 0 radical (unpaired) electrons. The zero-order valence-electron chi connectivity index (χ0n) is 12.7. The van der Waals surface area contributed by atoms with Crippen LogP contribution in [0.3, 0.4) is 0 Å². The van der Waals surface area contributed by atoms with E-state index in [0.717, 1.165) is 25.8 Å². The Morgan fingerprint density at radius 1 is 1.33 bits per heavy atom. The molecule has 1 saturated heterocycles. The molecule has 1 aromatic carbocycles. The topological polar surface area (TPSA) is 45.5 Å². The summed E-state index contributed by atoms with van der Waals surface area (Å²) in [6, 6.07) is 8.03. The lowest BCUT2D eigenvalue weighted by molar-refractivity contribution is -0.144. The molecule has 112 valence electrons. The predicted molar refractivity (Wildman–Crippen MR) is 83.3 cm³/mol. The summed E-state index contributed by atoms with van der Waals surface area (Å²) in [5.41, 5.74) is 3.71. The number of piperidine rings is 1. The molecule has 1 unspecified atom stereocenters.